The van der Waals surface area contributed by atoms with Crippen LogP contribution in [0.25, 0.3) is 0 Å². The molecular formula is C26H40O7. The molecule has 33 heavy (non-hydrogen) atoms. The first-order chi connectivity index (χ1) is 15.3. The van der Waals surface area contributed by atoms with Gasteiger partial charge in [-0.1, -0.05) is 20.4 Å². The largest absolute Gasteiger partial charge is 0.459 e. The van der Waals surface area contributed by atoms with Crippen LogP contribution in [0.3, 0.4) is 0 Å². The van der Waals surface area contributed by atoms with Crippen LogP contribution < -0.4 is 0 Å². The monoisotopic (exact) mass is 464 g/mol. The highest BCUT2D eigenvalue weighted by Crippen LogP contribution is 2.58. The van der Waals surface area contributed by atoms with E-state index in [4.69, 9.17) is 18.9 Å². The quantitative estimate of drug-likeness (QED) is 0.347. The molecule has 0 aromatic rings. The van der Waals surface area contributed by atoms with Gasteiger partial charge in [-0.25, -0.2) is 0 Å². The van der Waals surface area contributed by atoms with Crippen molar-refractivity contribution in [2.24, 2.45) is 23.7 Å². The number of hydrogen-bond donors (Lipinski definition) is 0. The van der Waals surface area contributed by atoms with Crippen molar-refractivity contribution in [2.45, 2.75) is 110 Å². The fraction of sp³-hybridized carbons (Fsp3) is 0.808. The highest BCUT2D eigenvalue weighted by molar-refractivity contribution is 5.67. The van der Waals surface area contributed by atoms with Crippen LogP contribution >= 0.6 is 0 Å². The van der Waals surface area contributed by atoms with E-state index in [1.165, 1.54) is 20.8 Å². The van der Waals surface area contributed by atoms with Crippen LogP contribution in [0.5, 0.6) is 0 Å². The molecular weight excluding hydrogens is 424 g/mol. The predicted octanol–water partition coefficient (Wildman–Crippen LogP) is 4.37. The van der Waals surface area contributed by atoms with Gasteiger partial charge in [0.1, 0.15) is 23.4 Å². The van der Waals surface area contributed by atoms with E-state index < -0.39 is 17.3 Å². The van der Waals surface area contributed by atoms with Crippen LogP contribution in [0.4, 0.5) is 0 Å². The Labute approximate surface area is 197 Å². The van der Waals surface area contributed by atoms with Crippen LogP contribution in [-0.2, 0) is 33.3 Å². The minimum Gasteiger partial charge on any atom is -0.459 e. The van der Waals surface area contributed by atoms with E-state index in [1.807, 2.05) is 13.8 Å². The van der Waals surface area contributed by atoms with Crippen molar-refractivity contribution in [1.29, 1.82) is 0 Å². The lowest BCUT2D eigenvalue weighted by Gasteiger charge is -2.50. The van der Waals surface area contributed by atoms with Crippen molar-refractivity contribution in [3.8, 4) is 0 Å². The van der Waals surface area contributed by atoms with Crippen molar-refractivity contribution in [3.05, 3.63) is 12.2 Å². The molecule has 3 aliphatic rings. The Balaban J connectivity index is 2.12. The van der Waals surface area contributed by atoms with Crippen LogP contribution in [0, 0.1) is 23.7 Å². The van der Waals surface area contributed by atoms with E-state index in [9.17, 15) is 14.4 Å². The lowest BCUT2D eigenvalue weighted by molar-refractivity contribution is -0.182. The van der Waals surface area contributed by atoms with E-state index in [1.54, 1.807) is 0 Å². The van der Waals surface area contributed by atoms with Crippen molar-refractivity contribution in [3.63, 3.8) is 0 Å². The molecule has 7 heteroatoms. The molecule has 1 saturated carbocycles. The summed E-state index contributed by atoms with van der Waals surface area (Å²) in [6, 6.07) is 0. The van der Waals surface area contributed by atoms with Crippen molar-refractivity contribution in [2.75, 3.05) is 0 Å². The average molecular weight is 465 g/mol. The predicted molar refractivity (Wildman–Crippen MR) is 122 cm³/mol. The SMILES string of the molecule is C=C1CC2OC([C@@H]3[C@@H](C(C)C)CC[C@@](C)(OC(C)=O)[C@H]23)[C@](C)(OC(C)=O)CC[C@@H]1OC(C)=O. The Morgan fingerprint density at radius 3 is 2.09 bits per heavy atom. The number of fused-ring (bicyclic) bond motifs is 5. The lowest BCUT2D eigenvalue weighted by Crippen LogP contribution is -2.56. The molecule has 2 saturated heterocycles. The third-order valence-corrected chi connectivity index (χ3v) is 8.00. The topological polar surface area (TPSA) is 88.1 Å². The van der Waals surface area contributed by atoms with E-state index in [0.29, 0.717) is 31.1 Å². The minimum atomic E-state index is -0.909. The van der Waals surface area contributed by atoms with Gasteiger partial charge in [-0.15, -0.1) is 0 Å². The fourth-order valence-corrected chi connectivity index (χ4v) is 6.79. The lowest BCUT2D eigenvalue weighted by atomic mass is 9.57. The van der Waals surface area contributed by atoms with Crippen molar-refractivity contribution < 1.29 is 33.3 Å². The van der Waals surface area contributed by atoms with Crippen LogP contribution in [0.15, 0.2) is 12.2 Å². The molecule has 2 heterocycles. The minimum absolute atomic E-state index is 0.0514. The van der Waals surface area contributed by atoms with E-state index in [-0.39, 0.29) is 42.0 Å². The van der Waals surface area contributed by atoms with Gasteiger partial charge in [0.05, 0.1) is 6.10 Å². The van der Waals surface area contributed by atoms with E-state index in [0.717, 1.165) is 18.4 Å². The Morgan fingerprint density at radius 2 is 1.55 bits per heavy atom. The Kier molecular flexibility index (Phi) is 7.33. The summed E-state index contributed by atoms with van der Waals surface area (Å²) in [6.07, 6.45) is 1.98. The first-order valence-corrected chi connectivity index (χ1v) is 12.2. The molecule has 8 atom stereocenters. The highest BCUT2D eigenvalue weighted by Gasteiger charge is 2.64. The number of carbonyl (C=O) groups excluding carboxylic acids is 3. The van der Waals surface area contributed by atoms with Gasteiger partial charge in [-0.05, 0) is 63.4 Å². The third-order valence-electron chi connectivity index (χ3n) is 8.00. The normalized spacial score (nSPS) is 40.8. The zero-order chi connectivity index (χ0) is 24.7. The molecule has 0 spiro atoms. The summed E-state index contributed by atoms with van der Waals surface area (Å²) in [5.41, 5.74) is -0.832. The second-order valence-corrected chi connectivity index (χ2v) is 11.0. The van der Waals surface area contributed by atoms with E-state index >= 15 is 0 Å². The molecule has 1 aliphatic carbocycles. The third kappa shape index (κ3) is 5.13. The summed E-state index contributed by atoms with van der Waals surface area (Å²) < 4.78 is 24.3. The molecule has 7 nitrogen and oxygen atoms in total. The standard InChI is InChI=1S/C26H40O7/c1-14(2)19-9-11-25(7,32-17(5)28)23-21-13-15(3)20(30-16(4)27)10-12-26(8,33-18(6)29)24(31-21)22(19)23/h14,19-24H,3,9-13H2,1-2,4-8H3/t19-,20+,21?,22-,23-,24?,25-,26-/m1/s1. The van der Waals surface area contributed by atoms with Gasteiger partial charge in [-0.3, -0.25) is 14.4 Å². The maximum absolute atomic E-state index is 12.2. The summed E-state index contributed by atoms with van der Waals surface area (Å²) in [5.74, 6) is -0.367. The van der Waals surface area contributed by atoms with Gasteiger partial charge in [0.15, 0.2) is 0 Å². The molecule has 186 valence electrons. The number of ether oxygens (including phenoxy) is 4. The summed E-state index contributed by atoms with van der Waals surface area (Å²) in [4.78, 5) is 36.1. The van der Waals surface area contributed by atoms with Crippen LogP contribution in [-0.4, -0.2) is 47.4 Å². The smallest absolute Gasteiger partial charge is 0.303 e. The number of carbonyl (C=O) groups is 3. The van der Waals surface area contributed by atoms with Gasteiger partial charge in [0.25, 0.3) is 0 Å². The van der Waals surface area contributed by atoms with Gasteiger partial charge in [0, 0.05) is 32.6 Å². The second kappa shape index (κ2) is 9.40. The molecule has 0 aromatic heterocycles. The van der Waals surface area contributed by atoms with Crippen LogP contribution in [0.1, 0.15) is 80.6 Å². The molecule has 0 N–H and O–H groups in total. The van der Waals surface area contributed by atoms with Gasteiger partial charge >= 0.3 is 17.9 Å². The number of hydrogen-bond acceptors (Lipinski definition) is 7. The Hall–Kier alpha value is -1.89. The zero-order valence-electron chi connectivity index (χ0n) is 21.1. The number of rotatable bonds is 4. The average Bonchev–Trinajstić information content (AvgIpc) is 3.05. The van der Waals surface area contributed by atoms with Gasteiger partial charge < -0.3 is 18.9 Å². The van der Waals surface area contributed by atoms with Gasteiger partial charge in [0.2, 0.25) is 0 Å². The zero-order valence-corrected chi connectivity index (χ0v) is 21.1. The first kappa shape index (κ1) is 25.7. The second-order valence-electron chi connectivity index (χ2n) is 11.0. The molecule has 0 amide bonds. The van der Waals surface area contributed by atoms with Crippen LogP contribution in [0.2, 0.25) is 0 Å². The van der Waals surface area contributed by atoms with Crippen molar-refractivity contribution >= 4 is 17.9 Å². The Bertz CT molecular complexity index is 804. The first-order valence-electron chi connectivity index (χ1n) is 12.2. The molecule has 2 unspecified atom stereocenters. The summed E-state index contributed by atoms with van der Waals surface area (Å²) in [6.45, 7) is 16.8. The molecule has 0 aromatic carbocycles. The van der Waals surface area contributed by atoms with Crippen molar-refractivity contribution in [1.82, 2.24) is 0 Å². The fourth-order valence-electron chi connectivity index (χ4n) is 6.79. The molecule has 2 bridgehead atoms. The molecule has 0 radical (unpaired) electrons. The Morgan fingerprint density at radius 1 is 0.970 bits per heavy atom. The molecule has 3 fully saturated rings. The molecule has 3 rings (SSSR count). The molecule has 2 aliphatic heterocycles. The summed E-state index contributed by atoms with van der Waals surface area (Å²) >= 11 is 0. The summed E-state index contributed by atoms with van der Waals surface area (Å²) in [5, 5.41) is 0. The maximum Gasteiger partial charge on any atom is 0.303 e. The summed E-state index contributed by atoms with van der Waals surface area (Å²) in [7, 11) is 0. The van der Waals surface area contributed by atoms with E-state index in [2.05, 4.69) is 20.4 Å². The maximum atomic E-state index is 12.2. The van der Waals surface area contributed by atoms with Gasteiger partial charge in [-0.2, -0.15) is 0 Å². The number of esters is 3. The highest BCUT2D eigenvalue weighted by atomic mass is 16.6.